The first-order valence-corrected chi connectivity index (χ1v) is 10.5. The summed E-state index contributed by atoms with van der Waals surface area (Å²) >= 11 is 0. The maximum atomic E-state index is 13.2. The van der Waals surface area contributed by atoms with E-state index in [1.54, 1.807) is 0 Å². The molecule has 2 bridgehead atoms. The largest absolute Gasteiger partial charge is 0.362 e. The molecule has 6 rings (SSSR count). The van der Waals surface area contributed by atoms with E-state index in [4.69, 9.17) is 0 Å². The minimum atomic E-state index is -0.414. The van der Waals surface area contributed by atoms with Crippen LogP contribution in [0.2, 0.25) is 0 Å². The maximum absolute atomic E-state index is 13.2. The van der Waals surface area contributed by atoms with Crippen molar-refractivity contribution in [2.24, 2.45) is 17.8 Å². The Labute approximate surface area is 171 Å². The molecule has 3 unspecified atom stereocenters. The number of fused-ring (bicyclic) bond motifs is 3. The predicted octanol–water partition coefficient (Wildman–Crippen LogP) is 3.63. The average Bonchev–Trinajstić information content (AvgIpc) is 2.74. The normalized spacial score (nSPS) is 29.7. The lowest BCUT2D eigenvalue weighted by Gasteiger charge is -2.56. The number of nitrogens with zero attached hydrogens (tertiary/aromatic N) is 1. The lowest BCUT2D eigenvalue weighted by molar-refractivity contribution is -0.142. The minimum absolute atomic E-state index is 0.00373. The lowest BCUT2D eigenvalue weighted by atomic mass is 9.58. The van der Waals surface area contributed by atoms with Gasteiger partial charge in [-0.25, -0.2) is 0 Å². The monoisotopic (exact) mass is 389 g/mol. The first-order chi connectivity index (χ1) is 14.1. The van der Waals surface area contributed by atoms with E-state index in [2.05, 4.69) is 22.8 Å². The Hall–Kier alpha value is -2.82. The summed E-state index contributed by atoms with van der Waals surface area (Å²) in [5.74, 6) is 0.841. The molecule has 3 aliphatic carbocycles. The summed E-state index contributed by atoms with van der Waals surface area (Å²) in [4.78, 5) is 27.9. The molecule has 5 heteroatoms. The molecular formula is C24H27N3O2. The highest BCUT2D eigenvalue weighted by Gasteiger charge is 2.55. The molecule has 1 heterocycles. The molecule has 5 nitrogen and oxygen atoms in total. The van der Waals surface area contributed by atoms with E-state index in [9.17, 15) is 9.59 Å². The highest BCUT2D eigenvalue weighted by Crippen LogP contribution is 2.52. The summed E-state index contributed by atoms with van der Waals surface area (Å²) in [5.41, 5.74) is 2.35. The van der Waals surface area contributed by atoms with E-state index >= 15 is 0 Å². The lowest BCUT2D eigenvalue weighted by Crippen LogP contribution is -2.68. The first-order valence-electron chi connectivity index (χ1n) is 10.5. The van der Waals surface area contributed by atoms with Gasteiger partial charge < -0.3 is 15.5 Å². The van der Waals surface area contributed by atoms with Crippen molar-refractivity contribution in [2.45, 2.75) is 37.9 Å². The number of amides is 2. The Kier molecular flexibility index (Phi) is 4.34. The Bertz CT molecular complexity index is 944. The zero-order valence-corrected chi connectivity index (χ0v) is 16.7. The number of carbonyl (C=O) groups excluding carboxylic acids is 2. The van der Waals surface area contributed by atoms with Gasteiger partial charge in [-0.15, -0.1) is 0 Å². The third-order valence-electron chi connectivity index (χ3n) is 7.10. The fraction of sp³-hybridized carbons (Fsp3) is 0.417. The number of benzene rings is 2. The molecule has 4 atom stereocenters. The highest BCUT2D eigenvalue weighted by atomic mass is 16.2. The summed E-state index contributed by atoms with van der Waals surface area (Å²) < 4.78 is 0. The molecule has 1 spiro atoms. The van der Waals surface area contributed by atoms with Crippen LogP contribution in [0.1, 0.15) is 41.6 Å². The molecule has 0 radical (unpaired) electrons. The van der Waals surface area contributed by atoms with Gasteiger partial charge in [0.05, 0.1) is 5.56 Å². The van der Waals surface area contributed by atoms with Crippen LogP contribution < -0.4 is 10.6 Å². The number of hydrogen-bond donors (Lipinski definition) is 2. The van der Waals surface area contributed by atoms with Gasteiger partial charge in [0.2, 0.25) is 5.91 Å². The number of carbonyl (C=O) groups is 2. The molecule has 2 N–H and O–H groups in total. The molecule has 0 saturated heterocycles. The zero-order valence-electron chi connectivity index (χ0n) is 16.7. The zero-order chi connectivity index (χ0) is 20.0. The molecular weight excluding hydrogens is 362 g/mol. The maximum Gasteiger partial charge on any atom is 0.255 e. The van der Waals surface area contributed by atoms with Crippen molar-refractivity contribution in [3.8, 4) is 0 Å². The topological polar surface area (TPSA) is 61.4 Å². The van der Waals surface area contributed by atoms with Crippen molar-refractivity contribution >= 4 is 17.5 Å². The van der Waals surface area contributed by atoms with E-state index in [0.717, 1.165) is 36.9 Å². The fourth-order valence-corrected chi connectivity index (χ4v) is 5.66. The second-order valence-electron chi connectivity index (χ2n) is 8.86. The molecule has 1 aliphatic heterocycles. The Morgan fingerprint density at radius 3 is 2.59 bits per heavy atom. The van der Waals surface area contributed by atoms with E-state index in [-0.39, 0.29) is 23.7 Å². The van der Waals surface area contributed by atoms with E-state index in [1.807, 2.05) is 54.4 Å². The smallest absolute Gasteiger partial charge is 0.255 e. The van der Waals surface area contributed by atoms with Crippen molar-refractivity contribution in [1.82, 2.24) is 10.2 Å². The standard InChI is InChI=1S/C24H27N3O2/c1-27(15-16-7-3-2-4-8-16)23(29)20-13-18-12-11-17(20)14-24(18)25-21-10-6-5-9-19(21)22(28)26-24/h2-10,17-18,20,25H,11-15H2,1H3,(H,26,28)/t17?,18?,20?,24-/m1/s1. The molecule has 3 fully saturated rings. The SMILES string of the molecule is CN(Cc1ccccc1)C(=O)C1CC2CCC1C[C@@]21NC(=O)c2ccccc2N1. The van der Waals surface area contributed by atoms with Crippen LogP contribution in [0, 0.1) is 17.8 Å². The Morgan fingerprint density at radius 1 is 1.07 bits per heavy atom. The molecule has 29 heavy (non-hydrogen) atoms. The Morgan fingerprint density at radius 2 is 1.83 bits per heavy atom. The fourth-order valence-electron chi connectivity index (χ4n) is 5.66. The van der Waals surface area contributed by atoms with Gasteiger partial charge in [0.1, 0.15) is 5.66 Å². The van der Waals surface area contributed by atoms with Crippen LogP contribution in [0.3, 0.4) is 0 Å². The van der Waals surface area contributed by atoms with E-state index in [1.165, 1.54) is 0 Å². The van der Waals surface area contributed by atoms with Crippen LogP contribution in [0.4, 0.5) is 5.69 Å². The highest BCUT2D eigenvalue weighted by molar-refractivity contribution is 6.02. The van der Waals surface area contributed by atoms with Crippen molar-refractivity contribution < 1.29 is 9.59 Å². The average molecular weight is 389 g/mol. The molecule has 150 valence electrons. The summed E-state index contributed by atoms with van der Waals surface area (Å²) in [7, 11) is 1.91. The van der Waals surface area contributed by atoms with Gasteiger partial charge >= 0.3 is 0 Å². The number of para-hydroxylation sites is 1. The van der Waals surface area contributed by atoms with Gasteiger partial charge in [0.15, 0.2) is 0 Å². The number of rotatable bonds is 3. The number of nitrogens with one attached hydrogen (secondary N) is 2. The summed E-state index contributed by atoms with van der Waals surface area (Å²) in [5, 5.41) is 6.92. The second-order valence-corrected chi connectivity index (χ2v) is 8.86. The van der Waals surface area contributed by atoms with Gasteiger partial charge in [-0.3, -0.25) is 9.59 Å². The van der Waals surface area contributed by atoms with E-state index < -0.39 is 5.66 Å². The van der Waals surface area contributed by atoms with Gasteiger partial charge in [-0.1, -0.05) is 42.5 Å². The number of anilines is 1. The summed E-state index contributed by atoms with van der Waals surface area (Å²) in [6.07, 6.45) is 3.75. The van der Waals surface area contributed by atoms with Gasteiger partial charge in [-0.05, 0) is 49.3 Å². The van der Waals surface area contributed by atoms with Crippen LogP contribution in [-0.4, -0.2) is 29.4 Å². The Balaban J connectivity index is 1.33. The number of hydrogen-bond acceptors (Lipinski definition) is 3. The third kappa shape index (κ3) is 3.09. The molecule has 3 saturated carbocycles. The minimum Gasteiger partial charge on any atom is -0.362 e. The molecule has 2 aromatic rings. The van der Waals surface area contributed by atoms with Gasteiger partial charge in [0.25, 0.3) is 5.91 Å². The molecule has 0 aromatic heterocycles. The van der Waals surface area contributed by atoms with Crippen molar-refractivity contribution in [3.63, 3.8) is 0 Å². The first kappa shape index (κ1) is 18.2. The second kappa shape index (κ2) is 6.90. The van der Waals surface area contributed by atoms with Gasteiger partial charge in [0, 0.05) is 31.1 Å². The van der Waals surface area contributed by atoms with Crippen molar-refractivity contribution in [3.05, 3.63) is 65.7 Å². The van der Waals surface area contributed by atoms with Crippen LogP contribution in [0.25, 0.3) is 0 Å². The summed E-state index contributed by atoms with van der Waals surface area (Å²) in [6, 6.07) is 17.8. The van der Waals surface area contributed by atoms with Gasteiger partial charge in [-0.2, -0.15) is 0 Å². The van der Waals surface area contributed by atoms with Crippen molar-refractivity contribution in [1.29, 1.82) is 0 Å². The quantitative estimate of drug-likeness (QED) is 0.843. The van der Waals surface area contributed by atoms with Crippen LogP contribution in [0.5, 0.6) is 0 Å². The molecule has 2 aromatic carbocycles. The third-order valence-corrected chi connectivity index (χ3v) is 7.10. The van der Waals surface area contributed by atoms with Crippen LogP contribution in [-0.2, 0) is 11.3 Å². The van der Waals surface area contributed by atoms with E-state index in [0.29, 0.717) is 18.0 Å². The predicted molar refractivity (Wildman–Crippen MR) is 112 cm³/mol. The van der Waals surface area contributed by atoms with Crippen molar-refractivity contribution in [2.75, 3.05) is 12.4 Å². The van der Waals surface area contributed by atoms with Crippen LogP contribution in [0.15, 0.2) is 54.6 Å². The molecule has 4 aliphatic rings. The molecule has 2 amide bonds. The van der Waals surface area contributed by atoms with Crippen LogP contribution >= 0.6 is 0 Å². The summed E-state index contributed by atoms with van der Waals surface area (Å²) in [6.45, 7) is 0.640.